The summed E-state index contributed by atoms with van der Waals surface area (Å²) in [6.07, 6.45) is 2.96. The molecule has 1 aromatic rings. The topological polar surface area (TPSA) is 75.9 Å². The van der Waals surface area contributed by atoms with Crippen molar-refractivity contribution in [2.45, 2.75) is 12.8 Å². The molecule has 1 heterocycles. The molecule has 0 bridgehead atoms. The second kappa shape index (κ2) is 5.41. The Labute approximate surface area is 95.2 Å². The molecule has 0 amide bonds. The van der Waals surface area contributed by atoms with E-state index < -0.39 is 11.9 Å². The van der Waals surface area contributed by atoms with Crippen LogP contribution < -0.4 is 0 Å². The van der Waals surface area contributed by atoms with Crippen molar-refractivity contribution >= 4 is 21.9 Å². The third-order valence-electron chi connectivity index (χ3n) is 1.55. The van der Waals surface area contributed by atoms with Crippen LogP contribution >= 0.6 is 15.9 Å². The fraction of sp³-hybridized carbons (Fsp3) is 0.333. The van der Waals surface area contributed by atoms with Gasteiger partial charge < -0.3 is 4.74 Å². The van der Waals surface area contributed by atoms with Gasteiger partial charge in [-0.3, -0.25) is 4.79 Å². The summed E-state index contributed by atoms with van der Waals surface area (Å²) >= 11 is 3.16. The second-order valence-electron chi connectivity index (χ2n) is 2.57. The van der Waals surface area contributed by atoms with E-state index in [4.69, 9.17) is 10.00 Å². The maximum atomic E-state index is 11.3. The van der Waals surface area contributed by atoms with Gasteiger partial charge in [0.1, 0.15) is 0 Å². The standard InChI is InChI=1S/C9H8BrN3O2/c1-2-15-9(14)7(3-11)8-12-4-6(10)5-13-8/h4-5,7H,2H2,1H3/t7-/m1/s1. The average Bonchev–Trinajstić information content (AvgIpc) is 2.22. The number of nitrogens with zero attached hydrogens (tertiary/aromatic N) is 3. The lowest BCUT2D eigenvalue weighted by Gasteiger charge is -2.06. The van der Waals surface area contributed by atoms with Crippen molar-refractivity contribution in [3.63, 3.8) is 0 Å². The highest BCUT2D eigenvalue weighted by molar-refractivity contribution is 9.10. The molecule has 0 aliphatic heterocycles. The SMILES string of the molecule is CCOC(=O)[C@H](C#N)c1ncc(Br)cn1. The lowest BCUT2D eigenvalue weighted by Crippen LogP contribution is -2.16. The zero-order valence-corrected chi connectivity index (χ0v) is 9.56. The summed E-state index contributed by atoms with van der Waals surface area (Å²) in [7, 11) is 0. The minimum absolute atomic E-state index is 0.152. The molecule has 0 aromatic carbocycles. The molecule has 78 valence electrons. The molecule has 0 unspecified atom stereocenters. The normalized spacial score (nSPS) is 11.5. The number of hydrogen-bond donors (Lipinski definition) is 0. The first-order valence-electron chi connectivity index (χ1n) is 4.22. The number of hydrogen-bond acceptors (Lipinski definition) is 5. The van der Waals surface area contributed by atoms with Gasteiger partial charge in [0, 0.05) is 12.4 Å². The van der Waals surface area contributed by atoms with Crippen LogP contribution in [-0.2, 0) is 9.53 Å². The Morgan fingerprint density at radius 3 is 2.73 bits per heavy atom. The van der Waals surface area contributed by atoms with Gasteiger partial charge in [0.15, 0.2) is 5.82 Å². The molecule has 0 saturated heterocycles. The van der Waals surface area contributed by atoms with E-state index in [0.717, 1.165) is 0 Å². The zero-order valence-electron chi connectivity index (χ0n) is 7.98. The smallest absolute Gasteiger partial charge is 0.331 e. The first-order valence-corrected chi connectivity index (χ1v) is 5.02. The fourth-order valence-electron chi connectivity index (χ4n) is 0.913. The monoisotopic (exact) mass is 269 g/mol. The minimum Gasteiger partial charge on any atom is -0.465 e. The predicted molar refractivity (Wildman–Crippen MR) is 54.7 cm³/mol. The molecule has 0 fully saturated rings. The number of ether oxygens (including phenoxy) is 1. The third-order valence-corrected chi connectivity index (χ3v) is 1.96. The third kappa shape index (κ3) is 2.99. The van der Waals surface area contributed by atoms with Crippen LogP contribution in [0.15, 0.2) is 16.9 Å². The number of esters is 1. The van der Waals surface area contributed by atoms with Crippen LogP contribution in [0.3, 0.4) is 0 Å². The van der Waals surface area contributed by atoms with Crippen molar-refractivity contribution < 1.29 is 9.53 Å². The van der Waals surface area contributed by atoms with E-state index in [1.807, 2.05) is 6.07 Å². The predicted octanol–water partition coefficient (Wildman–Crippen LogP) is 1.41. The maximum Gasteiger partial charge on any atom is 0.331 e. The van der Waals surface area contributed by atoms with Crippen molar-refractivity contribution in [2.24, 2.45) is 0 Å². The van der Waals surface area contributed by atoms with E-state index in [0.29, 0.717) is 4.47 Å². The van der Waals surface area contributed by atoms with E-state index >= 15 is 0 Å². The van der Waals surface area contributed by atoms with Crippen molar-refractivity contribution in [3.8, 4) is 6.07 Å². The van der Waals surface area contributed by atoms with Crippen LogP contribution in [0.4, 0.5) is 0 Å². The number of carbonyl (C=O) groups excluding carboxylic acids is 1. The Bertz CT molecular complexity index is 385. The van der Waals surface area contributed by atoms with Gasteiger partial charge in [0.05, 0.1) is 17.1 Å². The molecule has 1 rings (SSSR count). The van der Waals surface area contributed by atoms with Gasteiger partial charge in [-0.15, -0.1) is 0 Å². The molecule has 0 saturated carbocycles. The summed E-state index contributed by atoms with van der Waals surface area (Å²) < 4.78 is 5.41. The van der Waals surface area contributed by atoms with Gasteiger partial charge in [0.25, 0.3) is 0 Å². The quantitative estimate of drug-likeness (QED) is 0.776. The summed E-state index contributed by atoms with van der Waals surface area (Å²) in [5, 5.41) is 8.80. The molecule has 0 N–H and O–H groups in total. The molecular weight excluding hydrogens is 262 g/mol. The molecule has 0 spiro atoms. The summed E-state index contributed by atoms with van der Waals surface area (Å²) in [6.45, 7) is 1.91. The largest absolute Gasteiger partial charge is 0.465 e. The van der Waals surface area contributed by atoms with Crippen LogP contribution in [0.1, 0.15) is 18.7 Å². The highest BCUT2D eigenvalue weighted by Crippen LogP contribution is 2.13. The van der Waals surface area contributed by atoms with E-state index in [9.17, 15) is 4.79 Å². The van der Waals surface area contributed by atoms with Crippen LogP contribution in [0.5, 0.6) is 0 Å². The van der Waals surface area contributed by atoms with Gasteiger partial charge in [-0.2, -0.15) is 5.26 Å². The number of carbonyl (C=O) groups is 1. The summed E-state index contributed by atoms with van der Waals surface area (Å²) in [5.41, 5.74) is 0. The van der Waals surface area contributed by atoms with Gasteiger partial charge in [0.2, 0.25) is 5.92 Å². The minimum atomic E-state index is -1.06. The molecule has 5 nitrogen and oxygen atoms in total. The molecule has 0 aliphatic rings. The van der Waals surface area contributed by atoms with Crippen molar-refractivity contribution in [1.29, 1.82) is 5.26 Å². The van der Waals surface area contributed by atoms with Gasteiger partial charge >= 0.3 is 5.97 Å². The van der Waals surface area contributed by atoms with Gasteiger partial charge in [-0.05, 0) is 22.9 Å². The molecule has 0 radical (unpaired) electrons. The molecular formula is C9H8BrN3O2. The number of halogens is 1. The Morgan fingerprint density at radius 1 is 1.67 bits per heavy atom. The molecule has 1 aromatic heterocycles. The van der Waals surface area contributed by atoms with Crippen LogP contribution in [0, 0.1) is 11.3 Å². The lowest BCUT2D eigenvalue weighted by atomic mass is 10.1. The molecule has 15 heavy (non-hydrogen) atoms. The Hall–Kier alpha value is -1.48. The van der Waals surface area contributed by atoms with E-state index in [1.54, 1.807) is 6.92 Å². The van der Waals surface area contributed by atoms with E-state index in [2.05, 4.69) is 25.9 Å². The van der Waals surface area contributed by atoms with Crippen molar-refractivity contribution in [3.05, 3.63) is 22.7 Å². The molecule has 6 heteroatoms. The lowest BCUT2D eigenvalue weighted by molar-refractivity contribution is -0.143. The summed E-state index contributed by atoms with van der Waals surface area (Å²) in [4.78, 5) is 19.1. The number of nitriles is 1. The summed E-state index contributed by atoms with van der Waals surface area (Å²) in [5.74, 6) is -1.53. The highest BCUT2D eigenvalue weighted by Gasteiger charge is 2.24. The highest BCUT2D eigenvalue weighted by atomic mass is 79.9. The number of rotatable bonds is 3. The Morgan fingerprint density at radius 2 is 2.27 bits per heavy atom. The first kappa shape index (κ1) is 11.6. The maximum absolute atomic E-state index is 11.3. The molecule has 1 atom stereocenters. The van der Waals surface area contributed by atoms with Gasteiger partial charge in [-0.25, -0.2) is 9.97 Å². The number of aromatic nitrogens is 2. The Kier molecular flexibility index (Phi) is 4.18. The Balaban J connectivity index is 2.89. The zero-order chi connectivity index (χ0) is 11.3. The fourth-order valence-corrected chi connectivity index (χ4v) is 1.12. The van der Waals surface area contributed by atoms with Crippen LogP contribution in [0.2, 0.25) is 0 Å². The van der Waals surface area contributed by atoms with E-state index in [-0.39, 0.29) is 12.4 Å². The van der Waals surface area contributed by atoms with Crippen LogP contribution in [-0.4, -0.2) is 22.5 Å². The van der Waals surface area contributed by atoms with Crippen molar-refractivity contribution in [2.75, 3.05) is 6.61 Å². The second-order valence-corrected chi connectivity index (χ2v) is 3.49. The molecule has 0 aliphatic carbocycles. The van der Waals surface area contributed by atoms with Gasteiger partial charge in [-0.1, -0.05) is 0 Å². The van der Waals surface area contributed by atoms with Crippen LogP contribution in [0.25, 0.3) is 0 Å². The average molecular weight is 270 g/mol. The first-order chi connectivity index (χ1) is 7.19. The van der Waals surface area contributed by atoms with E-state index in [1.165, 1.54) is 12.4 Å². The van der Waals surface area contributed by atoms with Crippen molar-refractivity contribution in [1.82, 2.24) is 9.97 Å². The summed E-state index contributed by atoms with van der Waals surface area (Å²) in [6, 6.07) is 1.81.